The molecule has 0 saturated carbocycles. The number of nitrogens with zero attached hydrogens (tertiary/aromatic N) is 2. The lowest BCUT2D eigenvalue weighted by Gasteiger charge is -2.51. The van der Waals surface area contributed by atoms with Crippen LogP contribution < -0.4 is 4.72 Å². The summed E-state index contributed by atoms with van der Waals surface area (Å²) < 4.78 is 28.2. The first-order valence-electron chi connectivity index (χ1n) is 11.6. The highest BCUT2D eigenvalue weighted by Crippen LogP contribution is 2.37. The molecule has 0 amide bonds. The van der Waals surface area contributed by atoms with E-state index in [1.165, 1.54) is 17.5 Å². The minimum absolute atomic E-state index is 0.317. The Morgan fingerprint density at radius 1 is 1.03 bits per heavy atom. The van der Waals surface area contributed by atoms with Crippen molar-refractivity contribution >= 4 is 10.0 Å². The van der Waals surface area contributed by atoms with Crippen LogP contribution in [0.15, 0.2) is 53.4 Å². The van der Waals surface area contributed by atoms with Crippen molar-refractivity contribution in [3.63, 3.8) is 0 Å². The third kappa shape index (κ3) is 4.58. The van der Waals surface area contributed by atoms with Crippen LogP contribution >= 0.6 is 0 Å². The molecular weight excluding hydrogens is 406 g/mol. The van der Waals surface area contributed by atoms with E-state index < -0.39 is 10.0 Å². The van der Waals surface area contributed by atoms with Crippen molar-refractivity contribution in [2.75, 3.05) is 32.7 Å². The topological polar surface area (TPSA) is 52.7 Å². The first-order valence-corrected chi connectivity index (χ1v) is 13.1. The van der Waals surface area contributed by atoms with E-state index in [4.69, 9.17) is 0 Å². The number of hydrogen-bond donors (Lipinski definition) is 1. The van der Waals surface area contributed by atoms with Gasteiger partial charge in [0.25, 0.3) is 0 Å². The fourth-order valence-corrected chi connectivity index (χ4v) is 6.79. The van der Waals surface area contributed by atoms with E-state index in [-0.39, 0.29) is 0 Å². The third-order valence-corrected chi connectivity index (χ3v) is 9.00. The predicted octanol–water partition coefficient (Wildman–Crippen LogP) is 3.04. The van der Waals surface area contributed by atoms with Crippen LogP contribution in [0.25, 0.3) is 0 Å². The molecule has 4 aliphatic rings. The highest BCUT2D eigenvalue weighted by atomic mass is 32.2. The van der Waals surface area contributed by atoms with Gasteiger partial charge in [0.2, 0.25) is 10.0 Å². The summed E-state index contributed by atoms with van der Waals surface area (Å²) in [4.78, 5) is 5.52. The molecule has 31 heavy (non-hydrogen) atoms. The van der Waals surface area contributed by atoms with Crippen molar-refractivity contribution < 1.29 is 8.42 Å². The summed E-state index contributed by atoms with van der Waals surface area (Å²) in [5.41, 5.74) is 4.06. The van der Waals surface area contributed by atoms with Gasteiger partial charge in [0, 0.05) is 38.8 Å². The molecule has 6 rings (SSSR count). The average Bonchev–Trinajstić information content (AvgIpc) is 2.79. The van der Waals surface area contributed by atoms with Crippen LogP contribution in [-0.4, -0.2) is 57.0 Å². The van der Waals surface area contributed by atoms with Gasteiger partial charge in [0.15, 0.2) is 0 Å². The molecule has 3 fully saturated rings. The average molecular weight is 440 g/mol. The molecule has 4 aliphatic heterocycles. The summed E-state index contributed by atoms with van der Waals surface area (Å²) in [6.45, 7) is 8.06. The zero-order valence-electron chi connectivity index (χ0n) is 18.3. The summed E-state index contributed by atoms with van der Waals surface area (Å²) >= 11 is 0. The van der Waals surface area contributed by atoms with E-state index in [0.717, 1.165) is 51.1 Å². The minimum atomic E-state index is -3.44. The van der Waals surface area contributed by atoms with Crippen LogP contribution in [0.5, 0.6) is 0 Å². The van der Waals surface area contributed by atoms with Crippen molar-refractivity contribution in [2.45, 2.75) is 43.7 Å². The van der Waals surface area contributed by atoms with Crippen molar-refractivity contribution in [3.05, 3.63) is 65.2 Å². The van der Waals surface area contributed by atoms with Crippen molar-refractivity contribution in [2.24, 2.45) is 11.8 Å². The van der Waals surface area contributed by atoms with Crippen LogP contribution in [0.3, 0.4) is 0 Å². The Labute approximate surface area is 186 Å². The molecule has 2 aromatic carbocycles. The SMILES string of the molecule is Cc1ccc(S(=O)(=O)NC[C@H]2C[C@@H]3CCN2C[C@@H]3CN2CCc3ccccc3C2)cc1. The van der Waals surface area contributed by atoms with E-state index in [2.05, 4.69) is 38.8 Å². The molecular formula is C25H33N3O2S. The number of fused-ring (bicyclic) bond motifs is 4. The second kappa shape index (κ2) is 8.66. The number of piperidine rings is 3. The summed E-state index contributed by atoms with van der Waals surface area (Å²) in [5.74, 6) is 1.40. The van der Waals surface area contributed by atoms with Crippen LogP contribution in [-0.2, 0) is 23.0 Å². The standard InChI is InChI=1S/C25H33N3O2S/c1-19-6-8-25(9-7-19)31(29,30)26-15-24-14-21-11-13-28(24)18-23(21)17-27-12-10-20-4-2-3-5-22(20)16-27/h2-9,21,23-24,26H,10-18H2,1H3/t21-,23-,24+/m0/s1. The van der Waals surface area contributed by atoms with Gasteiger partial charge in [0.1, 0.15) is 0 Å². The van der Waals surface area contributed by atoms with Gasteiger partial charge >= 0.3 is 0 Å². The molecule has 4 heterocycles. The Balaban J connectivity index is 1.16. The van der Waals surface area contributed by atoms with E-state index in [0.29, 0.717) is 29.3 Å². The maximum atomic E-state index is 12.7. The van der Waals surface area contributed by atoms with E-state index in [1.54, 1.807) is 12.1 Å². The van der Waals surface area contributed by atoms with Crippen LogP contribution in [0.4, 0.5) is 0 Å². The maximum Gasteiger partial charge on any atom is 0.240 e. The summed E-state index contributed by atoms with van der Waals surface area (Å²) in [5, 5.41) is 0. The van der Waals surface area contributed by atoms with Crippen LogP contribution in [0.1, 0.15) is 29.5 Å². The molecule has 1 N–H and O–H groups in total. The van der Waals surface area contributed by atoms with Gasteiger partial charge < -0.3 is 0 Å². The number of benzene rings is 2. The molecule has 0 aromatic heterocycles. The molecule has 1 unspecified atom stereocenters. The van der Waals surface area contributed by atoms with Gasteiger partial charge in [-0.05, 0) is 67.8 Å². The molecule has 6 heteroatoms. The normalized spacial score (nSPS) is 28.4. The largest absolute Gasteiger partial charge is 0.299 e. The zero-order chi connectivity index (χ0) is 21.4. The first kappa shape index (κ1) is 21.1. The molecule has 0 aliphatic carbocycles. The van der Waals surface area contributed by atoms with E-state index in [1.807, 2.05) is 19.1 Å². The van der Waals surface area contributed by atoms with Gasteiger partial charge in [-0.1, -0.05) is 42.0 Å². The first-order chi connectivity index (χ1) is 15.0. The minimum Gasteiger partial charge on any atom is -0.299 e. The third-order valence-electron chi connectivity index (χ3n) is 7.56. The predicted molar refractivity (Wildman–Crippen MR) is 123 cm³/mol. The van der Waals surface area contributed by atoms with Crippen LogP contribution in [0.2, 0.25) is 0 Å². The van der Waals surface area contributed by atoms with Gasteiger partial charge in [-0.25, -0.2) is 13.1 Å². The van der Waals surface area contributed by atoms with E-state index in [9.17, 15) is 8.42 Å². The Bertz CT molecular complexity index is 1020. The Morgan fingerprint density at radius 3 is 2.55 bits per heavy atom. The number of aryl methyl sites for hydroxylation is 1. The lowest BCUT2D eigenvalue weighted by atomic mass is 9.75. The summed E-state index contributed by atoms with van der Waals surface area (Å²) in [6.07, 6.45) is 3.50. The van der Waals surface area contributed by atoms with Gasteiger partial charge in [-0.15, -0.1) is 0 Å². The molecule has 4 atom stereocenters. The molecule has 5 nitrogen and oxygen atoms in total. The van der Waals surface area contributed by atoms with Gasteiger partial charge in [-0.3, -0.25) is 9.80 Å². The second-order valence-corrected chi connectivity index (χ2v) is 11.4. The molecule has 2 bridgehead atoms. The number of rotatable bonds is 6. The van der Waals surface area contributed by atoms with E-state index >= 15 is 0 Å². The Kier molecular flexibility index (Phi) is 5.90. The quantitative estimate of drug-likeness (QED) is 0.752. The lowest BCUT2D eigenvalue weighted by Crippen LogP contribution is -2.58. The fourth-order valence-electron chi connectivity index (χ4n) is 5.72. The van der Waals surface area contributed by atoms with Gasteiger partial charge in [0.05, 0.1) is 4.90 Å². The maximum absolute atomic E-state index is 12.7. The summed E-state index contributed by atoms with van der Waals surface area (Å²) in [7, 11) is -3.44. The number of nitrogens with one attached hydrogen (secondary N) is 1. The Hall–Kier alpha value is -1.73. The van der Waals surface area contributed by atoms with Gasteiger partial charge in [-0.2, -0.15) is 0 Å². The van der Waals surface area contributed by atoms with Crippen molar-refractivity contribution in [3.8, 4) is 0 Å². The summed E-state index contributed by atoms with van der Waals surface area (Å²) in [6, 6.07) is 16.2. The van der Waals surface area contributed by atoms with Crippen LogP contribution in [0, 0.1) is 18.8 Å². The molecule has 2 aromatic rings. The van der Waals surface area contributed by atoms with Crippen molar-refractivity contribution in [1.29, 1.82) is 0 Å². The Morgan fingerprint density at radius 2 is 1.81 bits per heavy atom. The smallest absolute Gasteiger partial charge is 0.240 e. The number of sulfonamides is 1. The monoisotopic (exact) mass is 439 g/mol. The molecule has 3 saturated heterocycles. The van der Waals surface area contributed by atoms with Crippen molar-refractivity contribution in [1.82, 2.24) is 14.5 Å². The number of hydrogen-bond acceptors (Lipinski definition) is 4. The fraction of sp³-hybridized carbons (Fsp3) is 0.520. The molecule has 166 valence electrons. The second-order valence-electron chi connectivity index (χ2n) is 9.61. The highest BCUT2D eigenvalue weighted by Gasteiger charge is 2.41. The lowest BCUT2D eigenvalue weighted by molar-refractivity contribution is -0.0118. The molecule has 0 spiro atoms. The molecule has 0 radical (unpaired) electrons. The zero-order valence-corrected chi connectivity index (χ0v) is 19.2. The highest BCUT2D eigenvalue weighted by molar-refractivity contribution is 7.89.